The molecule has 0 rings (SSSR count). The first-order valence-electron chi connectivity index (χ1n) is 6.91. The van der Waals surface area contributed by atoms with Crippen molar-refractivity contribution in [2.24, 2.45) is 5.92 Å². The summed E-state index contributed by atoms with van der Waals surface area (Å²) in [6.45, 7) is 8.96. The largest absolute Gasteiger partial charge is 0.462 e. The summed E-state index contributed by atoms with van der Waals surface area (Å²) in [7, 11) is 0. The second-order valence-electron chi connectivity index (χ2n) is 5.05. The molecule has 0 radical (unpaired) electrons. The molecular weight excluding hydrogens is 212 g/mol. The molecule has 0 saturated carbocycles. The van der Waals surface area contributed by atoms with Gasteiger partial charge in [-0.3, -0.25) is 0 Å². The van der Waals surface area contributed by atoms with Crippen LogP contribution in [0.5, 0.6) is 0 Å². The third-order valence-corrected chi connectivity index (χ3v) is 2.75. The van der Waals surface area contributed by atoms with Crippen molar-refractivity contribution in [3.8, 4) is 0 Å². The Hall–Kier alpha value is -0.790. The normalized spacial score (nSPS) is 11.9. The number of unbranched alkanes of at least 4 members (excludes halogenated alkanes) is 3. The second-order valence-corrected chi connectivity index (χ2v) is 5.05. The molecule has 0 unspecified atom stereocenters. The molecule has 0 spiro atoms. The van der Waals surface area contributed by atoms with Gasteiger partial charge in [-0.2, -0.15) is 0 Å². The van der Waals surface area contributed by atoms with Crippen LogP contribution in [0.25, 0.3) is 0 Å². The lowest BCUT2D eigenvalue weighted by Gasteiger charge is -2.05. The molecule has 17 heavy (non-hydrogen) atoms. The zero-order chi connectivity index (χ0) is 13.1. The first-order chi connectivity index (χ1) is 8.07. The number of allylic oxidation sites excluding steroid dienone is 1. The average Bonchev–Trinajstić information content (AvgIpc) is 2.27. The maximum Gasteiger partial charge on any atom is 0.333 e. The van der Waals surface area contributed by atoms with E-state index in [1.807, 2.05) is 13.0 Å². The van der Waals surface area contributed by atoms with E-state index in [0.29, 0.717) is 12.5 Å². The van der Waals surface area contributed by atoms with Gasteiger partial charge in [-0.25, -0.2) is 4.79 Å². The highest BCUT2D eigenvalue weighted by atomic mass is 16.5. The first-order valence-corrected chi connectivity index (χ1v) is 6.91. The Labute approximate surface area is 106 Å². The molecule has 0 amide bonds. The molecule has 0 fully saturated rings. The van der Waals surface area contributed by atoms with Crippen LogP contribution in [0, 0.1) is 5.92 Å². The number of ether oxygens (including phenoxy) is 1. The highest BCUT2D eigenvalue weighted by Crippen LogP contribution is 2.08. The van der Waals surface area contributed by atoms with E-state index in [4.69, 9.17) is 4.74 Å². The minimum Gasteiger partial charge on any atom is -0.462 e. The Morgan fingerprint density at radius 3 is 2.53 bits per heavy atom. The quantitative estimate of drug-likeness (QED) is 0.337. The molecule has 0 N–H and O–H groups in total. The lowest BCUT2D eigenvalue weighted by Crippen LogP contribution is -2.07. The van der Waals surface area contributed by atoms with Gasteiger partial charge in [0.05, 0.1) is 6.61 Å². The van der Waals surface area contributed by atoms with Crippen LogP contribution in [0.3, 0.4) is 0 Å². The third kappa shape index (κ3) is 10.1. The summed E-state index contributed by atoms with van der Waals surface area (Å²) < 4.78 is 5.20. The average molecular weight is 240 g/mol. The fourth-order valence-electron chi connectivity index (χ4n) is 1.52. The van der Waals surface area contributed by atoms with E-state index in [-0.39, 0.29) is 5.97 Å². The lowest BCUT2D eigenvalue weighted by atomic mass is 10.1. The van der Waals surface area contributed by atoms with Crippen molar-refractivity contribution >= 4 is 5.97 Å². The molecule has 2 nitrogen and oxygen atoms in total. The van der Waals surface area contributed by atoms with Gasteiger partial charge < -0.3 is 4.74 Å². The summed E-state index contributed by atoms with van der Waals surface area (Å²) in [6.07, 6.45) is 8.66. The van der Waals surface area contributed by atoms with Crippen LogP contribution in [0.1, 0.15) is 66.2 Å². The van der Waals surface area contributed by atoms with Crippen molar-refractivity contribution in [1.29, 1.82) is 0 Å². The van der Waals surface area contributed by atoms with Gasteiger partial charge in [-0.15, -0.1) is 0 Å². The molecule has 0 aromatic carbocycles. The number of carbonyl (C=O) groups excluding carboxylic acids is 1. The van der Waals surface area contributed by atoms with Gasteiger partial charge in [-0.1, -0.05) is 46.1 Å². The summed E-state index contributed by atoms with van der Waals surface area (Å²) in [5, 5.41) is 0. The molecule has 0 aromatic rings. The predicted octanol–water partition coefficient (Wildman–Crippen LogP) is 4.49. The van der Waals surface area contributed by atoms with Gasteiger partial charge in [0.15, 0.2) is 0 Å². The molecule has 2 heteroatoms. The molecule has 100 valence electrons. The van der Waals surface area contributed by atoms with Crippen molar-refractivity contribution < 1.29 is 9.53 Å². The Balaban J connectivity index is 3.66. The van der Waals surface area contributed by atoms with E-state index in [2.05, 4.69) is 20.8 Å². The summed E-state index contributed by atoms with van der Waals surface area (Å²) >= 11 is 0. The molecule has 0 aromatic heterocycles. The van der Waals surface area contributed by atoms with E-state index in [0.717, 1.165) is 31.3 Å². The number of rotatable bonds is 9. The van der Waals surface area contributed by atoms with Crippen LogP contribution < -0.4 is 0 Å². The fourth-order valence-corrected chi connectivity index (χ4v) is 1.52. The molecule has 0 bridgehead atoms. The Bertz CT molecular complexity index is 229. The molecule has 0 saturated heterocycles. The Kier molecular flexibility index (Phi) is 9.89. The lowest BCUT2D eigenvalue weighted by molar-refractivity contribution is -0.139. The van der Waals surface area contributed by atoms with Crippen molar-refractivity contribution in [2.45, 2.75) is 66.2 Å². The van der Waals surface area contributed by atoms with E-state index < -0.39 is 0 Å². The summed E-state index contributed by atoms with van der Waals surface area (Å²) in [6, 6.07) is 0. The number of hydrogen-bond acceptors (Lipinski definition) is 2. The predicted molar refractivity (Wildman–Crippen MR) is 72.9 cm³/mol. The summed E-state index contributed by atoms with van der Waals surface area (Å²) in [4.78, 5) is 11.6. The van der Waals surface area contributed by atoms with Gasteiger partial charge in [0, 0.05) is 5.57 Å². The smallest absolute Gasteiger partial charge is 0.333 e. The van der Waals surface area contributed by atoms with E-state index in [9.17, 15) is 4.79 Å². The zero-order valence-electron chi connectivity index (χ0n) is 11.9. The van der Waals surface area contributed by atoms with E-state index in [1.54, 1.807) is 0 Å². The number of carbonyl (C=O) groups is 1. The highest BCUT2D eigenvalue weighted by Gasteiger charge is 2.04. The fraction of sp³-hybridized carbons (Fsp3) is 0.800. The number of hydrogen-bond donors (Lipinski definition) is 0. The highest BCUT2D eigenvalue weighted by molar-refractivity contribution is 5.87. The Morgan fingerprint density at radius 1 is 1.24 bits per heavy atom. The maximum atomic E-state index is 11.6. The van der Waals surface area contributed by atoms with Gasteiger partial charge in [0.1, 0.15) is 0 Å². The molecule has 0 atom stereocenters. The summed E-state index contributed by atoms with van der Waals surface area (Å²) in [5.41, 5.74) is 0.751. The van der Waals surface area contributed by atoms with E-state index in [1.165, 1.54) is 12.8 Å². The first kappa shape index (κ1) is 16.2. The van der Waals surface area contributed by atoms with Crippen molar-refractivity contribution in [3.05, 3.63) is 11.6 Å². The number of esters is 1. The molecule has 0 aliphatic heterocycles. The van der Waals surface area contributed by atoms with Gasteiger partial charge in [-0.05, 0) is 32.1 Å². The monoisotopic (exact) mass is 240 g/mol. The topological polar surface area (TPSA) is 26.3 Å². The third-order valence-electron chi connectivity index (χ3n) is 2.75. The van der Waals surface area contributed by atoms with Crippen molar-refractivity contribution in [2.75, 3.05) is 6.61 Å². The van der Waals surface area contributed by atoms with Crippen LogP contribution >= 0.6 is 0 Å². The minimum atomic E-state index is -0.148. The van der Waals surface area contributed by atoms with Crippen molar-refractivity contribution in [1.82, 2.24) is 0 Å². The zero-order valence-corrected chi connectivity index (χ0v) is 11.9. The van der Waals surface area contributed by atoms with Crippen molar-refractivity contribution in [3.63, 3.8) is 0 Å². The van der Waals surface area contributed by atoms with Gasteiger partial charge in [0.25, 0.3) is 0 Å². The second kappa shape index (κ2) is 10.4. The van der Waals surface area contributed by atoms with Crippen LogP contribution in [0.2, 0.25) is 0 Å². The van der Waals surface area contributed by atoms with Gasteiger partial charge >= 0.3 is 5.97 Å². The molecular formula is C15H28O2. The maximum absolute atomic E-state index is 11.6. The van der Waals surface area contributed by atoms with Crippen LogP contribution in [0.15, 0.2) is 11.6 Å². The van der Waals surface area contributed by atoms with E-state index >= 15 is 0 Å². The molecule has 0 heterocycles. The minimum absolute atomic E-state index is 0.148. The SMILES string of the molecule is CCCCCCOC(=O)/C(C)=C/CCC(C)C. The van der Waals surface area contributed by atoms with Crippen LogP contribution in [0.4, 0.5) is 0 Å². The van der Waals surface area contributed by atoms with Crippen LogP contribution in [-0.4, -0.2) is 12.6 Å². The molecule has 0 aliphatic carbocycles. The van der Waals surface area contributed by atoms with Crippen LogP contribution in [-0.2, 0) is 9.53 Å². The molecule has 0 aliphatic rings. The van der Waals surface area contributed by atoms with Gasteiger partial charge in [0.2, 0.25) is 0 Å². The Morgan fingerprint density at radius 2 is 1.94 bits per heavy atom. The standard InChI is InChI=1S/C15H28O2/c1-5-6-7-8-12-17-15(16)14(4)11-9-10-13(2)3/h11,13H,5-10,12H2,1-4H3/b14-11+. The summed E-state index contributed by atoms with van der Waals surface area (Å²) in [5.74, 6) is 0.536.